The van der Waals surface area contributed by atoms with E-state index in [1.165, 1.54) is 12.8 Å². The van der Waals surface area contributed by atoms with E-state index in [9.17, 15) is 5.11 Å². The summed E-state index contributed by atoms with van der Waals surface area (Å²) in [4.78, 5) is 4.54. The molecule has 1 heterocycles. The highest BCUT2D eigenvalue weighted by molar-refractivity contribution is 5.58. The number of hydrogen-bond acceptors (Lipinski definition) is 4. The van der Waals surface area contributed by atoms with Crippen molar-refractivity contribution in [3.63, 3.8) is 0 Å². The van der Waals surface area contributed by atoms with Gasteiger partial charge < -0.3 is 14.9 Å². The zero-order chi connectivity index (χ0) is 14.7. The molecule has 20 heavy (non-hydrogen) atoms. The number of likely N-dealkylation sites (tertiary alicyclic amines) is 1. The minimum atomic E-state index is -0.526. The molecule has 1 aliphatic heterocycles. The van der Waals surface area contributed by atoms with E-state index in [2.05, 4.69) is 22.9 Å². The molecule has 0 amide bonds. The molecule has 1 fully saturated rings. The topological polar surface area (TPSA) is 50.5 Å². The van der Waals surface area contributed by atoms with Crippen LogP contribution in [0.25, 0.3) is 0 Å². The number of hydrogen-bond donors (Lipinski definition) is 1. The molecular formula is C16H23N3O. The van der Waals surface area contributed by atoms with Crippen molar-refractivity contribution >= 4 is 5.69 Å². The Morgan fingerprint density at radius 1 is 1.55 bits per heavy atom. The van der Waals surface area contributed by atoms with Crippen molar-refractivity contribution in [1.82, 2.24) is 4.90 Å². The van der Waals surface area contributed by atoms with Crippen LogP contribution in [-0.4, -0.2) is 43.2 Å². The Morgan fingerprint density at radius 3 is 2.85 bits per heavy atom. The van der Waals surface area contributed by atoms with Crippen molar-refractivity contribution < 1.29 is 5.11 Å². The molecule has 0 aliphatic carbocycles. The van der Waals surface area contributed by atoms with Gasteiger partial charge >= 0.3 is 0 Å². The molecule has 1 N–H and O–H groups in total. The van der Waals surface area contributed by atoms with Gasteiger partial charge in [0.25, 0.3) is 0 Å². The van der Waals surface area contributed by atoms with Crippen LogP contribution in [0.5, 0.6) is 0 Å². The second-order valence-electron chi connectivity index (χ2n) is 5.72. The Bertz CT molecular complexity index is 507. The molecule has 1 aliphatic rings. The summed E-state index contributed by atoms with van der Waals surface area (Å²) in [5, 5.41) is 19.0. The maximum atomic E-state index is 9.91. The van der Waals surface area contributed by atoms with Gasteiger partial charge in [0, 0.05) is 30.9 Å². The summed E-state index contributed by atoms with van der Waals surface area (Å²) in [5.74, 6) is 0. The zero-order valence-corrected chi connectivity index (χ0v) is 12.5. The number of nitrogens with zero attached hydrogens (tertiary/aromatic N) is 3. The molecule has 1 aromatic carbocycles. The molecule has 0 aromatic heterocycles. The third-order valence-corrected chi connectivity index (χ3v) is 4.18. The minimum absolute atomic E-state index is 0.526. The van der Waals surface area contributed by atoms with Crippen LogP contribution in [-0.2, 0) is 0 Å². The number of benzene rings is 1. The van der Waals surface area contributed by atoms with E-state index in [-0.39, 0.29) is 0 Å². The number of aliphatic hydroxyl groups excluding tert-OH is 1. The highest BCUT2D eigenvalue weighted by Crippen LogP contribution is 2.28. The summed E-state index contributed by atoms with van der Waals surface area (Å²) >= 11 is 0. The van der Waals surface area contributed by atoms with E-state index in [1.807, 2.05) is 19.2 Å². The first-order valence-corrected chi connectivity index (χ1v) is 7.16. The smallest absolute Gasteiger partial charge is 0.0992 e. The van der Waals surface area contributed by atoms with Crippen LogP contribution < -0.4 is 4.90 Å². The van der Waals surface area contributed by atoms with E-state index in [0.29, 0.717) is 11.6 Å². The molecule has 0 radical (unpaired) electrons. The fraction of sp³-hybridized carbons (Fsp3) is 0.562. The van der Waals surface area contributed by atoms with Crippen molar-refractivity contribution in [3.8, 4) is 6.07 Å². The summed E-state index contributed by atoms with van der Waals surface area (Å²) in [6, 6.07) is 8.21. The van der Waals surface area contributed by atoms with Gasteiger partial charge in [0.15, 0.2) is 0 Å². The van der Waals surface area contributed by atoms with Crippen LogP contribution in [0.4, 0.5) is 5.69 Å². The molecule has 0 saturated carbocycles. The largest absolute Gasteiger partial charge is 0.389 e. The van der Waals surface area contributed by atoms with Gasteiger partial charge in [0.05, 0.1) is 17.7 Å². The SMILES string of the molecule is C[C@@H](O)c1ccc(C#N)cc1N(C)CC1CCCN1C. The van der Waals surface area contributed by atoms with Gasteiger partial charge in [0.2, 0.25) is 0 Å². The normalized spacial score (nSPS) is 20.6. The van der Waals surface area contributed by atoms with Crippen LogP contribution >= 0.6 is 0 Å². The lowest BCUT2D eigenvalue weighted by Crippen LogP contribution is -2.37. The summed E-state index contributed by atoms with van der Waals surface area (Å²) < 4.78 is 0. The minimum Gasteiger partial charge on any atom is -0.389 e. The number of nitriles is 1. The van der Waals surface area contributed by atoms with E-state index in [4.69, 9.17) is 5.26 Å². The van der Waals surface area contributed by atoms with Gasteiger partial charge in [-0.25, -0.2) is 0 Å². The maximum Gasteiger partial charge on any atom is 0.0992 e. The molecule has 1 aromatic rings. The first-order valence-electron chi connectivity index (χ1n) is 7.16. The molecule has 1 unspecified atom stereocenters. The van der Waals surface area contributed by atoms with Gasteiger partial charge in [-0.2, -0.15) is 5.26 Å². The maximum absolute atomic E-state index is 9.91. The number of likely N-dealkylation sites (N-methyl/N-ethyl adjacent to an activating group) is 2. The molecule has 1 saturated heterocycles. The zero-order valence-electron chi connectivity index (χ0n) is 12.5. The van der Waals surface area contributed by atoms with Gasteiger partial charge in [-0.05, 0) is 45.5 Å². The van der Waals surface area contributed by atoms with E-state index in [0.717, 1.165) is 24.3 Å². The Kier molecular flexibility index (Phi) is 4.64. The first kappa shape index (κ1) is 14.8. The molecular weight excluding hydrogens is 250 g/mol. The number of rotatable bonds is 4. The molecule has 2 atom stereocenters. The van der Waals surface area contributed by atoms with Crippen molar-refractivity contribution in [2.75, 3.05) is 32.1 Å². The lowest BCUT2D eigenvalue weighted by atomic mass is 10.0. The summed E-state index contributed by atoms with van der Waals surface area (Å²) in [7, 11) is 4.20. The highest BCUT2D eigenvalue weighted by atomic mass is 16.3. The van der Waals surface area contributed by atoms with E-state index >= 15 is 0 Å². The van der Waals surface area contributed by atoms with Crippen molar-refractivity contribution in [2.45, 2.75) is 31.9 Å². The quantitative estimate of drug-likeness (QED) is 0.913. The standard InChI is InChI=1S/C16H23N3O/c1-12(20)15-7-6-13(10-17)9-16(15)19(3)11-14-5-4-8-18(14)2/h6-7,9,12,14,20H,4-5,8,11H2,1-3H3/t12-,14?/m1/s1. The Balaban J connectivity index is 2.23. The predicted molar refractivity (Wildman–Crippen MR) is 80.7 cm³/mol. The van der Waals surface area contributed by atoms with Crippen molar-refractivity contribution in [3.05, 3.63) is 29.3 Å². The monoisotopic (exact) mass is 273 g/mol. The van der Waals surface area contributed by atoms with Crippen LogP contribution in [0.15, 0.2) is 18.2 Å². The second-order valence-corrected chi connectivity index (χ2v) is 5.72. The third-order valence-electron chi connectivity index (χ3n) is 4.18. The van der Waals surface area contributed by atoms with Crippen molar-refractivity contribution in [2.24, 2.45) is 0 Å². The Labute approximate surface area is 121 Å². The van der Waals surface area contributed by atoms with E-state index < -0.39 is 6.10 Å². The molecule has 0 bridgehead atoms. The van der Waals surface area contributed by atoms with Crippen LogP contribution in [0.2, 0.25) is 0 Å². The Hall–Kier alpha value is -1.57. The van der Waals surface area contributed by atoms with Crippen molar-refractivity contribution in [1.29, 1.82) is 5.26 Å². The average Bonchev–Trinajstić information content (AvgIpc) is 2.83. The average molecular weight is 273 g/mol. The van der Waals surface area contributed by atoms with Crippen LogP contribution in [0.1, 0.15) is 37.0 Å². The predicted octanol–water partition coefficient (Wildman–Crippen LogP) is 2.14. The molecule has 4 heteroatoms. The fourth-order valence-electron chi connectivity index (χ4n) is 2.92. The van der Waals surface area contributed by atoms with Gasteiger partial charge in [-0.3, -0.25) is 0 Å². The van der Waals surface area contributed by atoms with Crippen LogP contribution in [0, 0.1) is 11.3 Å². The summed E-state index contributed by atoms with van der Waals surface area (Å²) in [6.45, 7) is 3.84. The molecule has 4 nitrogen and oxygen atoms in total. The lowest BCUT2D eigenvalue weighted by molar-refractivity contribution is 0.199. The van der Waals surface area contributed by atoms with Gasteiger partial charge in [0.1, 0.15) is 0 Å². The Morgan fingerprint density at radius 2 is 2.30 bits per heavy atom. The number of anilines is 1. The van der Waals surface area contributed by atoms with Crippen LogP contribution in [0.3, 0.4) is 0 Å². The van der Waals surface area contributed by atoms with E-state index in [1.54, 1.807) is 13.0 Å². The highest BCUT2D eigenvalue weighted by Gasteiger charge is 2.23. The molecule has 0 spiro atoms. The molecule has 2 rings (SSSR count). The lowest BCUT2D eigenvalue weighted by Gasteiger charge is -2.29. The third kappa shape index (κ3) is 3.12. The number of aliphatic hydroxyl groups is 1. The van der Waals surface area contributed by atoms with Gasteiger partial charge in [-0.1, -0.05) is 6.07 Å². The second kappa shape index (κ2) is 6.25. The first-order chi connectivity index (χ1) is 9.52. The summed E-state index contributed by atoms with van der Waals surface area (Å²) in [6.07, 6.45) is 1.93. The van der Waals surface area contributed by atoms with Gasteiger partial charge in [-0.15, -0.1) is 0 Å². The molecule has 108 valence electrons. The fourth-order valence-corrected chi connectivity index (χ4v) is 2.92. The summed E-state index contributed by atoms with van der Waals surface area (Å²) in [5.41, 5.74) is 2.47.